The number of hydrogen-bond acceptors (Lipinski definition) is 0. The number of aryl methyl sites for hydroxylation is 1. The van der Waals surface area contributed by atoms with Gasteiger partial charge in [0.2, 0.25) is 0 Å². The number of fused-ring (bicyclic) bond motifs is 1. The summed E-state index contributed by atoms with van der Waals surface area (Å²) in [5.41, 5.74) is 6.65. The van der Waals surface area contributed by atoms with Gasteiger partial charge >= 0.3 is 0 Å². The molecule has 3 rings (SSSR count). The van der Waals surface area contributed by atoms with Crippen LogP contribution in [0.5, 0.6) is 0 Å². The SMILES string of the molecule is Cc1ccccc1-c1ccc2c(c1Br)C=CC2C. The Kier molecular flexibility index (Phi) is 2.87. The third kappa shape index (κ3) is 1.74. The summed E-state index contributed by atoms with van der Waals surface area (Å²) in [6.45, 7) is 4.40. The maximum atomic E-state index is 3.78. The van der Waals surface area contributed by atoms with Crippen molar-refractivity contribution in [1.82, 2.24) is 0 Å². The smallest absolute Gasteiger partial charge is 0.0329 e. The molecule has 0 spiro atoms. The summed E-state index contributed by atoms with van der Waals surface area (Å²) in [7, 11) is 0. The first kappa shape index (κ1) is 11.7. The zero-order valence-electron chi connectivity index (χ0n) is 10.6. The van der Waals surface area contributed by atoms with Crippen LogP contribution in [0.1, 0.15) is 29.5 Å². The van der Waals surface area contributed by atoms with Crippen molar-refractivity contribution >= 4 is 22.0 Å². The molecule has 1 aliphatic carbocycles. The van der Waals surface area contributed by atoms with E-state index in [4.69, 9.17) is 0 Å². The van der Waals surface area contributed by atoms with Crippen LogP contribution in [-0.2, 0) is 0 Å². The Morgan fingerprint density at radius 1 is 1.00 bits per heavy atom. The van der Waals surface area contributed by atoms with E-state index >= 15 is 0 Å². The molecule has 1 heteroatoms. The second kappa shape index (κ2) is 4.40. The van der Waals surface area contributed by atoms with E-state index in [1.165, 1.54) is 32.3 Å². The molecule has 1 aliphatic rings. The molecule has 0 fully saturated rings. The molecular weight excluding hydrogens is 284 g/mol. The minimum Gasteiger partial charge on any atom is -0.0766 e. The second-order valence-corrected chi connectivity index (χ2v) is 5.69. The Balaban J connectivity index is 2.22. The average molecular weight is 299 g/mol. The van der Waals surface area contributed by atoms with Crippen molar-refractivity contribution in [2.75, 3.05) is 0 Å². The summed E-state index contributed by atoms with van der Waals surface area (Å²) in [5.74, 6) is 0.530. The topological polar surface area (TPSA) is 0 Å². The first-order valence-corrected chi connectivity index (χ1v) is 7.04. The Morgan fingerprint density at radius 2 is 1.78 bits per heavy atom. The molecule has 0 saturated heterocycles. The maximum absolute atomic E-state index is 3.78. The lowest BCUT2D eigenvalue weighted by Crippen LogP contribution is -1.91. The number of rotatable bonds is 1. The highest BCUT2D eigenvalue weighted by atomic mass is 79.9. The molecule has 1 atom stereocenters. The van der Waals surface area contributed by atoms with E-state index in [2.05, 4.69) is 78.3 Å². The van der Waals surface area contributed by atoms with Gasteiger partial charge in [-0.25, -0.2) is 0 Å². The molecule has 0 aromatic heterocycles. The third-order valence-electron chi connectivity index (χ3n) is 3.69. The van der Waals surface area contributed by atoms with E-state index in [0.29, 0.717) is 5.92 Å². The molecule has 0 bridgehead atoms. The van der Waals surface area contributed by atoms with Gasteiger partial charge in [0.25, 0.3) is 0 Å². The van der Waals surface area contributed by atoms with E-state index in [1.54, 1.807) is 0 Å². The molecule has 1 unspecified atom stereocenters. The van der Waals surface area contributed by atoms with Gasteiger partial charge in [-0.3, -0.25) is 0 Å². The van der Waals surface area contributed by atoms with Crippen molar-refractivity contribution in [3.05, 3.63) is 63.6 Å². The van der Waals surface area contributed by atoms with Crippen molar-refractivity contribution in [2.24, 2.45) is 0 Å². The number of benzene rings is 2. The van der Waals surface area contributed by atoms with Crippen LogP contribution >= 0.6 is 15.9 Å². The van der Waals surface area contributed by atoms with Gasteiger partial charge in [0, 0.05) is 4.47 Å². The molecule has 0 heterocycles. The van der Waals surface area contributed by atoms with Crippen molar-refractivity contribution in [3.8, 4) is 11.1 Å². The molecule has 0 radical (unpaired) electrons. The van der Waals surface area contributed by atoms with Gasteiger partial charge in [-0.2, -0.15) is 0 Å². The van der Waals surface area contributed by atoms with E-state index < -0.39 is 0 Å². The van der Waals surface area contributed by atoms with Gasteiger partial charge in [0.05, 0.1) is 0 Å². The summed E-state index contributed by atoms with van der Waals surface area (Å²) in [6, 6.07) is 13.0. The lowest BCUT2D eigenvalue weighted by molar-refractivity contribution is 0.989. The van der Waals surface area contributed by atoms with E-state index in [0.717, 1.165) is 0 Å². The molecule has 2 aromatic carbocycles. The van der Waals surface area contributed by atoms with Gasteiger partial charge < -0.3 is 0 Å². The first-order chi connectivity index (χ1) is 8.68. The van der Waals surface area contributed by atoms with E-state index in [-0.39, 0.29) is 0 Å². The summed E-state index contributed by atoms with van der Waals surface area (Å²) >= 11 is 3.78. The molecule has 0 saturated carbocycles. The quantitative estimate of drug-likeness (QED) is 0.647. The lowest BCUT2D eigenvalue weighted by atomic mass is 9.95. The van der Waals surface area contributed by atoms with Crippen molar-refractivity contribution in [3.63, 3.8) is 0 Å². The Labute approximate surface area is 116 Å². The van der Waals surface area contributed by atoms with Crippen LogP contribution in [-0.4, -0.2) is 0 Å². The van der Waals surface area contributed by atoms with Crippen molar-refractivity contribution in [2.45, 2.75) is 19.8 Å². The predicted molar refractivity (Wildman–Crippen MR) is 81.8 cm³/mol. The number of halogens is 1. The number of hydrogen-bond donors (Lipinski definition) is 0. The van der Waals surface area contributed by atoms with E-state index in [9.17, 15) is 0 Å². The highest BCUT2D eigenvalue weighted by Gasteiger charge is 2.18. The predicted octanol–water partition coefficient (Wildman–Crippen LogP) is 5.55. The normalized spacial score (nSPS) is 16.9. The van der Waals surface area contributed by atoms with Crippen LogP contribution in [0.2, 0.25) is 0 Å². The Hall–Kier alpha value is -1.34. The standard InChI is InChI=1S/C17H15Br/c1-11-5-3-4-6-13(11)16-10-9-14-12(2)7-8-15(14)17(16)18/h3-10,12H,1-2H3. The molecule has 0 nitrogen and oxygen atoms in total. The second-order valence-electron chi connectivity index (χ2n) is 4.89. The minimum atomic E-state index is 0.530. The van der Waals surface area contributed by atoms with Gasteiger partial charge in [-0.05, 0) is 56.6 Å². The summed E-state index contributed by atoms with van der Waals surface area (Å²) < 4.78 is 1.22. The largest absolute Gasteiger partial charge is 0.0766 e. The van der Waals surface area contributed by atoms with Crippen LogP contribution in [0.4, 0.5) is 0 Å². The molecule has 0 N–H and O–H groups in total. The molecule has 0 amide bonds. The fraction of sp³-hybridized carbons (Fsp3) is 0.176. The number of allylic oxidation sites excluding steroid dienone is 1. The fourth-order valence-corrected chi connectivity index (χ4v) is 3.31. The third-order valence-corrected chi connectivity index (χ3v) is 4.55. The highest BCUT2D eigenvalue weighted by molar-refractivity contribution is 9.10. The summed E-state index contributed by atoms with van der Waals surface area (Å²) in [6.07, 6.45) is 4.49. The average Bonchev–Trinajstić information content (AvgIpc) is 2.74. The van der Waals surface area contributed by atoms with Crippen LogP contribution < -0.4 is 0 Å². The first-order valence-electron chi connectivity index (χ1n) is 6.25. The Bertz CT molecular complexity index is 638. The van der Waals surface area contributed by atoms with Gasteiger partial charge in [-0.1, -0.05) is 55.5 Å². The zero-order valence-corrected chi connectivity index (χ0v) is 12.2. The summed E-state index contributed by atoms with van der Waals surface area (Å²) in [4.78, 5) is 0. The van der Waals surface area contributed by atoms with Gasteiger partial charge in [-0.15, -0.1) is 0 Å². The molecule has 18 heavy (non-hydrogen) atoms. The van der Waals surface area contributed by atoms with Crippen LogP contribution in [0.15, 0.2) is 46.9 Å². The molecule has 2 aromatic rings. The maximum Gasteiger partial charge on any atom is 0.0329 e. The van der Waals surface area contributed by atoms with Crippen molar-refractivity contribution in [1.29, 1.82) is 0 Å². The molecular formula is C17H15Br. The molecule has 0 aliphatic heterocycles. The molecule has 90 valence electrons. The van der Waals surface area contributed by atoms with Crippen LogP contribution in [0, 0.1) is 6.92 Å². The Morgan fingerprint density at radius 3 is 2.56 bits per heavy atom. The lowest BCUT2D eigenvalue weighted by Gasteiger charge is -2.13. The van der Waals surface area contributed by atoms with Crippen LogP contribution in [0.3, 0.4) is 0 Å². The van der Waals surface area contributed by atoms with Gasteiger partial charge in [0.1, 0.15) is 0 Å². The monoisotopic (exact) mass is 298 g/mol. The summed E-state index contributed by atoms with van der Waals surface area (Å²) in [5, 5.41) is 0. The minimum absolute atomic E-state index is 0.530. The zero-order chi connectivity index (χ0) is 12.7. The van der Waals surface area contributed by atoms with Gasteiger partial charge in [0.15, 0.2) is 0 Å². The van der Waals surface area contributed by atoms with E-state index in [1.807, 2.05) is 0 Å². The van der Waals surface area contributed by atoms with Crippen molar-refractivity contribution < 1.29 is 0 Å². The highest BCUT2D eigenvalue weighted by Crippen LogP contribution is 2.40. The fourth-order valence-electron chi connectivity index (χ4n) is 2.60. The van der Waals surface area contributed by atoms with Crippen LogP contribution in [0.25, 0.3) is 17.2 Å².